The summed E-state index contributed by atoms with van der Waals surface area (Å²) in [6, 6.07) is 13.3. The molecule has 1 unspecified atom stereocenters. The third kappa shape index (κ3) is 4.62. The first-order valence-corrected chi connectivity index (χ1v) is 9.88. The standard InChI is InChI=1S/C23H23FN2O4/c1-28-18-7-9-19(10-8-18)29-15-22(27)26-11-3-6-21(26)23-25-14-20(30-23)13-16-4-2-5-17(24)12-16/h2,4-5,7-10,12,14,21H,3,6,11,13,15H2,1H3. The van der Waals surface area contributed by atoms with Crippen molar-refractivity contribution in [1.82, 2.24) is 9.88 Å². The summed E-state index contributed by atoms with van der Waals surface area (Å²) in [5.74, 6) is 2.09. The van der Waals surface area contributed by atoms with Gasteiger partial charge in [0.25, 0.3) is 5.91 Å². The SMILES string of the molecule is COc1ccc(OCC(=O)N2CCCC2c2ncc(Cc3cccc(F)c3)o2)cc1. The topological polar surface area (TPSA) is 64.8 Å². The Balaban J connectivity index is 1.38. The average Bonchev–Trinajstić information content (AvgIpc) is 3.42. The van der Waals surface area contributed by atoms with Crippen LogP contribution in [0, 0.1) is 5.82 Å². The van der Waals surface area contributed by atoms with Crippen molar-refractivity contribution in [3.05, 3.63) is 77.8 Å². The molecule has 1 aliphatic rings. The van der Waals surface area contributed by atoms with Gasteiger partial charge in [0.2, 0.25) is 5.89 Å². The second-order valence-electron chi connectivity index (χ2n) is 7.18. The predicted molar refractivity (Wildman–Crippen MR) is 108 cm³/mol. The zero-order valence-corrected chi connectivity index (χ0v) is 16.7. The maximum atomic E-state index is 13.4. The van der Waals surface area contributed by atoms with E-state index in [0.29, 0.717) is 30.4 Å². The van der Waals surface area contributed by atoms with E-state index in [9.17, 15) is 9.18 Å². The Hall–Kier alpha value is -3.35. The molecule has 0 aliphatic carbocycles. The number of rotatable bonds is 7. The summed E-state index contributed by atoms with van der Waals surface area (Å²) in [6.07, 6.45) is 3.76. The number of aromatic nitrogens is 1. The first kappa shape index (κ1) is 19.9. The molecule has 7 heteroatoms. The van der Waals surface area contributed by atoms with Crippen LogP contribution in [0.4, 0.5) is 4.39 Å². The number of hydrogen-bond acceptors (Lipinski definition) is 5. The lowest BCUT2D eigenvalue weighted by atomic mass is 10.1. The van der Waals surface area contributed by atoms with E-state index >= 15 is 0 Å². The van der Waals surface area contributed by atoms with E-state index in [-0.39, 0.29) is 24.4 Å². The molecule has 0 radical (unpaired) electrons. The molecule has 1 aromatic heterocycles. The molecular weight excluding hydrogens is 387 g/mol. The summed E-state index contributed by atoms with van der Waals surface area (Å²) in [5, 5.41) is 0. The maximum absolute atomic E-state index is 13.4. The van der Waals surface area contributed by atoms with Gasteiger partial charge in [-0.25, -0.2) is 9.37 Å². The van der Waals surface area contributed by atoms with Gasteiger partial charge in [0, 0.05) is 13.0 Å². The van der Waals surface area contributed by atoms with Gasteiger partial charge in [-0.1, -0.05) is 12.1 Å². The summed E-state index contributed by atoms with van der Waals surface area (Å²) in [7, 11) is 1.60. The zero-order valence-electron chi connectivity index (χ0n) is 16.7. The Morgan fingerprint density at radius 1 is 1.23 bits per heavy atom. The van der Waals surface area contributed by atoms with Gasteiger partial charge in [-0.2, -0.15) is 0 Å². The van der Waals surface area contributed by atoms with E-state index < -0.39 is 0 Å². The molecule has 2 aromatic carbocycles. The molecule has 0 saturated carbocycles. The van der Waals surface area contributed by atoms with Gasteiger partial charge in [-0.3, -0.25) is 4.79 Å². The predicted octanol–water partition coefficient (Wildman–Crippen LogP) is 4.16. The largest absolute Gasteiger partial charge is 0.497 e. The fraction of sp³-hybridized carbons (Fsp3) is 0.304. The van der Waals surface area contributed by atoms with Crippen LogP contribution in [-0.4, -0.2) is 36.1 Å². The van der Waals surface area contributed by atoms with Gasteiger partial charge in [0.1, 0.15) is 29.1 Å². The minimum absolute atomic E-state index is 0.0559. The molecule has 1 amide bonds. The summed E-state index contributed by atoms with van der Waals surface area (Å²) >= 11 is 0. The molecule has 156 valence electrons. The van der Waals surface area contributed by atoms with Crippen LogP contribution in [0.3, 0.4) is 0 Å². The third-order valence-corrected chi connectivity index (χ3v) is 5.12. The van der Waals surface area contributed by atoms with Crippen molar-refractivity contribution >= 4 is 5.91 Å². The summed E-state index contributed by atoms with van der Waals surface area (Å²) in [4.78, 5) is 18.9. The van der Waals surface area contributed by atoms with Crippen molar-refractivity contribution in [1.29, 1.82) is 0 Å². The molecule has 0 spiro atoms. The second kappa shape index (κ2) is 8.98. The Morgan fingerprint density at radius 2 is 2.03 bits per heavy atom. The van der Waals surface area contributed by atoms with E-state index in [1.54, 1.807) is 48.5 Å². The number of benzene rings is 2. The fourth-order valence-electron chi connectivity index (χ4n) is 3.63. The summed E-state index contributed by atoms with van der Waals surface area (Å²) in [5.41, 5.74) is 0.810. The average molecular weight is 410 g/mol. The molecule has 0 N–H and O–H groups in total. The lowest BCUT2D eigenvalue weighted by molar-refractivity contribution is -0.134. The number of nitrogens with zero attached hydrogens (tertiary/aromatic N) is 2. The summed E-state index contributed by atoms with van der Waals surface area (Å²) in [6.45, 7) is 0.580. The number of likely N-dealkylation sites (tertiary alicyclic amines) is 1. The van der Waals surface area contributed by atoms with Crippen LogP contribution >= 0.6 is 0 Å². The number of carbonyl (C=O) groups excluding carboxylic acids is 1. The fourth-order valence-corrected chi connectivity index (χ4v) is 3.63. The molecule has 3 aromatic rings. The molecule has 1 saturated heterocycles. The molecule has 6 nitrogen and oxygen atoms in total. The van der Waals surface area contributed by atoms with Crippen LogP contribution in [0.1, 0.15) is 36.1 Å². The highest BCUT2D eigenvalue weighted by Crippen LogP contribution is 2.32. The van der Waals surface area contributed by atoms with E-state index in [1.807, 2.05) is 6.07 Å². The monoisotopic (exact) mass is 410 g/mol. The number of carbonyl (C=O) groups is 1. The highest BCUT2D eigenvalue weighted by molar-refractivity contribution is 5.78. The third-order valence-electron chi connectivity index (χ3n) is 5.12. The first-order valence-electron chi connectivity index (χ1n) is 9.88. The van der Waals surface area contributed by atoms with Crippen molar-refractivity contribution in [2.45, 2.75) is 25.3 Å². The van der Waals surface area contributed by atoms with Gasteiger partial charge in [0.15, 0.2) is 6.61 Å². The number of hydrogen-bond donors (Lipinski definition) is 0. The maximum Gasteiger partial charge on any atom is 0.261 e. The summed E-state index contributed by atoms with van der Waals surface area (Å²) < 4.78 is 30.0. The van der Waals surface area contributed by atoms with Crippen LogP contribution < -0.4 is 9.47 Å². The van der Waals surface area contributed by atoms with Crippen molar-refractivity contribution in [3.63, 3.8) is 0 Å². The number of ether oxygens (including phenoxy) is 2. The van der Waals surface area contributed by atoms with Gasteiger partial charge in [-0.15, -0.1) is 0 Å². The Bertz CT molecular complexity index is 1000. The van der Waals surface area contributed by atoms with Crippen LogP contribution in [0.2, 0.25) is 0 Å². The van der Waals surface area contributed by atoms with Crippen LogP contribution in [0.5, 0.6) is 11.5 Å². The molecule has 1 fully saturated rings. The van der Waals surface area contributed by atoms with E-state index in [1.165, 1.54) is 12.1 Å². The second-order valence-corrected chi connectivity index (χ2v) is 7.18. The zero-order chi connectivity index (χ0) is 20.9. The molecular formula is C23H23FN2O4. The van der Waals surface area contributed by atoms with Gasteiger partial charge in [-0.05, 0) is 54.8 Å². The number of methoxy groups -OCH3 is 1. The quantitative estimate of drug-likeness (QED) is 0.585. The van der Waals surface area contributed by atoms with Gasteiger partial charge in [0.05, 0.1) is 13.3 Å². The first-order chi connectivity index (χ1) is 14.6. The number of amides is 1. The van der Waals surface area contributed by atoms with Crippen molar-refractivity contribution < 1.29 is 23.1 Å². The van der Waals surface area contributed by atoms with Crippen LogP contribution in [-0.2, 0) is 11.2 Å². The Labute approximate surface area is 174 Å². The molecule has 2 heterocycles. The van der Waals surface area contributed by atoms with Crippen LogP contribution in [0.25, 0.3) is 0 Å². The molecule has 30 heavy (non-hydrogen) atoms. The van der Waals surface area contributed by atoms with Crippen molar-refractivity contribution in [3.8, 4) is 11.5 Å². The lowest BCUT2D eigenvalue weighted by Gasteiger charge is -2.22. The van der Waals surface area contributed by atoms with Crippen LogP contribution in [0.15, 0.2) is 59.1 Å². The van der Waals surface area contributed by atoms with E-state index in [4.69, 9.17) is 13.9 Å². The number of oxazole rings is 1. The van der Waals surface area contributed by atoms with Gasteiger partial charge >= 0.3 is 0 Å². The highest BCUT2D eigenvalue weighted by atomic mass is 19.1. The minimum Gasteiger partial charge on any atom is -0.497 e. The smallest absolute Gasteiger partial charge is 0.261 e. The lowest BCUT2D eigenvalue weighted by Crippen LogP contribution is -2.34. The van der Waals surface area contributed by atoms with Crippen molar-refractivity contribution in [2.75, 3.05) is 20.3 Å². The minimum atomic E-state index is -0.281. The Kier molecular flexibility index (Phi) is 5.97. The molecule has 4 rings (SSSR count). The van der Waals surface area contributed by atoms with E-state index in [0.717, 1.165) is 24.2 Å². The number of halogens is 1. The highest BCUT2D eigenvalue weighted by Gasteiger charge is 2.33. The molecule has 0 bridgehead atoms. The molecule has 1 aliphatic heterocycles. The van der Waals surface area contributed by atoms with E-state index in [2.05, 4.69) is 4.98 Å². The van der Waals surface area contributed by atoms with Gasteiger partial charge < -0.3 is 18.8 Å². The Morgan fingerprint density at radius 3 is 2.80 bits per heavy atom. The molecule has 1 atom stereocenters. The normalized spacial score (nSPS) is 15.9. The van der Waals surface area contributed by atoms with Crippen molar-refractivity contribution in [2.24, 2.45) is 0 Å².